The van der Waals surface area contributed by atoms with Crippen LogP contribution in [0.5, 0.6) is 0 Å². The number of rotatable bonds is 5. The molecule has 0 saturated heterocycles. The van der Waals surface area contributed by atoms with E-state index in [0.29, 0.717) is 11.4 Å². The maximum absolute atomic E-state index is 12.7. The van der Waals surface area contributed by atoms with Crippen LogP contribution in [0.1, 0.15) is 35.6 Å². The molecular weight excluding hydrogens is 450 g/mol. The maximum Gasteiger partial charge on any atom is 0.234 e. The lowest BCUT2D eigenvalue weighted by Crippen LogP contribution is -2.17. The van der Waals surface area contributed by atoms with Crippen LogP contribution in [0.2, 0.25) is 5.02 Å². The van der Waals surface area contributed by atoms with Gasteiger partial charge in [-0.05, 0) is 72.9 Å². The van der Waals surface area contributed by atoms with Crippen LogP contribution in [-0.4, -0.2) is 22.4 Å². The van der Waals surface area contributed by atoms with E-state index in [-0.39, 0.29) is 11.7 Å². The fourth-order valence-electron chi connectivity index (χ4n) is 3.64. The quantitative estimate of drug-likeness (QED) is 0.416. The summed E-state index contributed by atoms with van der Waals surface area (Å²) in [5.41, 5.74) is 7.93. The molecule has 3 aromatic carbocycles. The number of halogens is 1. The van der Waals surface area contributed by atoms with Gasteiger partial charge in [-0.2, -0.15) is 0 Å². The zero-order chi connectivity index (χ0) is 23.4. The standard InChI is InChI=1S/C27H26ClN3OS/c1-4-19-7-5-6-8-22(19)30-26(32)16-33-27-15-23(20-9-11-21(28)12-10-20)29-24-13-17(2)18(3)14-25(24)31-27/h5-14H,4,15-16H2,1-3H3,(H,30,32). The van der Waals surface area contributed by atoms with Gasteiger partial charge in [0, 0.05) is 17.1 Å². The first-order valence-electron chi connectivity index (χ1n) is 11.0. The van der Waals surface area contributed by atoms with Crippen molar-refractivity contribution in [3.05, 3.63) is 87.9 Å². The highest BCUT2D eigenvalue weighted by Gasteiger charge is 2.18. The van der Waals surface area contributed by atoms with Crippen molar-refractivity contribution in [2.75, 3.05) is 11.1 Å². The van der Waals surface area contributed by atoms with Crippen LogP contribution in [0.15, 0.2) is 70.6 Å². The Morgan fingerprint density at radius 2 is 1.67 bits per heavy atom. The van der Waals surface area contributed by atoms with Gasteiger partial charge >= 0.3 is 0 Å². The van der Waals surface area contributed by atoms with Crippen LogP contribution < -0.4 is 5.32 Å². The normalized spacial score (nSPS) is 13.0. The van der Waals surface area contributed by atoms with E-state index in [9.17, 15) is 4.79 Å². The molecule has 0 aliphatic carbocycles. The van der Waals surface area contributed by atoms with Gasteiger partial charge in [-0.1, -0.05) is 48.9 Å². The Bertz CT molecular complexity index is 1250. The number of aryl methyl sites for hydroxylation is 3. The van der Waals surface area contributed by atoms with E-state index < -0.39 is 0 Å². The van der Waals surface area contributed by atoms with Gasteiger partial charge in [-0.25, -0.2) is 4.99 Å². The van der Waals surface area contributed by atoms with E-state index in [4.69, 9.17) is 21.6 Å². The average Bonchev–Trinajstić information content (AvgIpc) is 2.98. The Kier molecular flexibility index (Phi) is 7.31. The second-order valence-electron chi connectivity index (χ2n) is 8.02. The summed E-state index contributed by atoms with van der Waals surface area (Å²) >= 11 is 7.55. The summed E-state index contributed by atoms with van der Waals surface area (Å²) in [6.07, 6.45) is 1.42. The molecule has 1 aliphatic heterocycles. The molecule has 1 amide bonds. The Labute approximate surface area is 204 Å². The summed E-state index contributed by atoms with van der Waals surface area (Å²) in [6, 6.07) is 19.7. The summed E-state index contributed by atoms with van der Waals surface area (Å²) in [5, 5.41) is 4.59. The number of carbonyl (C=O) groups excluding carboxylic acids is 1. The van der Waals surface area contributed by atoms with Gasteiger partial charge in [0.05, 0.1) is 27.9 Å². The highest BCUT2D eigenvalue weighted by atomic mass is 35.5. The molecule has 1 N–H and O–H groups in total. The van der Waals surface area contributed by atoms with Crippen LogP contribution >= 0.6 is 23.4 Å². The highest BCUT2D eigenvalue weighted by molar-refractivity contribution is 8.14. The van der Waals surface area contributed by atoms with Crippen molar-refractivity contribution in [2.24, 2.45) is 9.98 Å². The number of amides is 1. The van der Waals surface area contributed by atoms with Crippen LogP contribution in [0.3, 0.4) is 0 Å². The second kappa shape index (κ2) is 10.4. The van der Waals surface area contributed by atoms with Gasteiger partial charge in [0.15, 0.2) is 0 Å². The van der Waals surface area contributed by atoms with Gasteiger partial charge in [0.1, 0.15) is 0 Å². The lowest BCUT2D eigenvalue weighted by Gasteiger charge is -2.10. The van der Waals surface area contributed by atoms with Crippen LogP contribution in [0.4, 0.5) is 17.1 Å². The van der Waals surface area contributed by atoms with Crippen molar-refractivity contribution in [1.82, 2.24) is 0 Å². The first kappa shape index (κ1) is 23.3. The number of para-hydroxylation sites is 1. The summed E-state index contributed by atoms with van der Waals surface area (Å²) in [4.78, 5) is 22.6. The first-order chi connectivity index (χ1) is 15.9. The van der Waals surface area contributed by atoms with Gasteiger partial charge in [0.2, 0.25) is 5.91 Å². The molecule has 1 aliphatic rings. The van der Waals surface area contributed by atoms with Crippen molar-refractivity contribution in [2.45, 2.75) is 33.6 Å². The summed E-state index contributed by atoms with van der Waals surface area (Å²) in [7, 11) is 0. The molecule has 0 unspecified atom stereocenters. The molecule has 6 heteroatoms. The number of anilines is 1. The summed E-state index contributed by atoms with van der Waals surface area (Å²) in [6.45, 7) is 6.24. The molecule has 168 valence electrons. The molecule has 0 fully saturated rings. The number of nitrogens with zero attached hydrogens (tertiary/aromatic N) is 2. The van der Waals surface area contributed by atoms with Crippen molar-refractivity contribution < 1.29 is 4.79 Å². The molecule has 4 nitrogen and oxygen atoms in total. The summed E-state index contributed by atoms with van der Waals surface area (Å²) < 4.78 is 0. The lowest BCUT2D eigenvalue weighted by molar-refractivity contribution is -0.113. The Balaban J connectivity index is 1.58. The third kappa shape index (κ3) is 5.73. The Morgan fingerprint density at radius 1 is 1.00 bits per heavy atom. The first-order valence-corrected chi connectivity index (χ1v) is 12.3. The predicted octanol–water partition coefficient (Wildman–Crippen LogP) is 7.45. The molecule has 0 spiro atoms. The average molecular weight is 476 g/mol. The zero-order valence-corrected chi connectivity index (χ0v) is 20.6. The van der Waals surface area contributed by atoms with E-state index >= 15 is 0 Å². The van der Waals surface area contributed by atoms with E-state index in [1.807, 2.05) is 48.5 Å². The summed E-state index contributed by atoms with van der Waals surface area (Å²) in [5.74, 6) is 0.239. The molecule has 0 radical (unpaired) electrons. The molecule has 0 saturated carbocycles. The van der Waals surface area contributed by atoms with Crippen molar-refractivity contribution in [3.8, 4) is 0 Å². The van der Waals surface area contributed by atoms with Crippen molar-refractivity contribution >= 4 is 57.1 Å². The highest BCUT2D eigenvalue weighted by Crippen LogP contribution is 2.36. The zero-order valence-electron chi connectivity index (χ0n) is 19.0. The third-order valence-electron chi connectivity index (χ3n) is 5.63. The maximum atomic E-state index is 12.7. The third-order valence-corrected chi connectivity index (χ3v) is 6.86. The van der Waals surface area contributed by atoms with Crippen LogP contribution in [0, 0.1) is 13.8 Å². The SMILES string of the molecule is CCc1ccccc1NC(=O)CSC1=Nc2cc(C)c(C)cc2N=C(c2ccc(Cl)cc2)C1. The number of hydrogen-bond acceptors (Lipinski definition) is 4. The minimum atomic E-state index is -0.0434. The van der Waals surface area contributed by atoms with Gasteiger partial charge < -0.3 is 5.32 Å². The minimum Gasteiger partial charge on any atom is -0.325 e. The van der Waals surface area contributed by atoms with E-state index in [1.54, 1.807) is 0 Å². The Hall–Kier alpha value is -2.89. The number of nitrogens with one attached hydrogen (secondary N) is 1. The fourth-order valence-corrected chi connectivity index (χ4v) is 4.54. The number of thioether (sulfide) groups is 1. The Morgan fingerprint density at radius 3 is 2.36 bits per heavy atom. The molecule has 3 aromatic rings. The van der Waals surface area contributed by atoms with Gasteiger partial charge in [-0.3, -0.25) is 9.79 Å². The van der Waals surface area contributed by atoms with Crippen molar-refractivity contribution in [1.29, 1.82) is 0 Å². The molecule has 33 heavy (non-hydrogen) atoms. The van der Waals surface area contributed by atoms with E-state index in [1.165, 1.54) is 22.9 Å². The number of carbonyl (C=O) groups is 1. The number of hydrogen-bond donors (Lipinski definition) is 1. The van der Waals surface area contributed by atoms with Crippen LogP contribution in [-0.2, 0) is 11.2 Å². The number of benzene rings is 3. The smallest absolute Gasteiger partial charge is 0.234 e. The fraction of sp³-hybridized carbons (Fsp3) is 0.222. The molecule has 4 rings (SSSR count). The van der Waals surface area contributed by atoms with Gasteiger partial charge in [-0.15, -0.1) is 11.8 Å². The minimum absolute atomic E-state index is 0.0434. The molecule has 1 heterocycles. The van der Waals surface area contributed by atoms with E-state index in [2.05, 4.69) is 38.2 Å². The predicted molar refractivity (Wildman–Crippen MR) is 142 cm³/mol. The number of fused-ring (bicyclic) bond motifs is 1. The topological polar surface area (TPSA) is 53.8 Å². The van der Waals surface area contributed by atoms with E-state index in [0.717, 1.165) is 45.4 Å². The molecule has 0 atom stereocenters. The van der Waals surface area contributed by atoms with Gasteiger partial charge in [0.25, 0.3) is 0 Å². The largest absolute Gasteiger partial charge is 0.325 e. The van der Waals surface area contributed by atoms with Crippen LogP contribution in [0.25, 0.3) is 0 Å². The molecule has 0 bridgehead atoms. The monoisotopic (exact) mass is 475 g/mol. The molecular formula is C27H26ClN3OS. The lowest BCUT2D eigenvalue weighted by atomic mass is 10.1. The molecule has 0 aromatic heterocycles. The number of aliphatic imine (C=N–C) groups is 2. The second-order valence-corrected chi connectivity index (χ2v) is 9.51. The van der Waals surface area contributed by atoms with Crippen molar-refractivity contribution in [3.63, 3.8) is 0 Å².